The number of hydrogen-bond acceptors (Lipinski definition) is 3. The molecule has 0 bridgehead atoms. The molecule has 0 fully saturated rings. The Balaban J connectivity index is 1.26. The maximum atomic E-state index is 2.62. The molecule has 3 nitrogen and oxygen atoms in total. The first kappa shape index (κ1) is 33.9. The summed E-state index contributed by atoms with van der Waals surface area (Å²) in [5.74, 6) is 0. The van der Waals surface area contributed by atoms with Crippen molar-refractivity contribution in [1.29, 1.82) is 0 Å². The number of rotatable bonds is 4. The number of benzene rings is 10. The molecule has 10 aromatic rings. The fraction of sp³-hybridized carbons (Fsp3) is 0.0357. The molecule has 0 radical (unpaired) electrons. The molecule has 4 heteroatoms. The van der Waals surface area contributed by atoms with E-state index in [1.54, 1.807) is 0 Å². The predicted octanol–water partition coefficient (Wildman–Crippen LogP) is 12.5. The van der Waals surface area contributed by atoms with E-state index in [0.29, 0.717) is 0 Å². The molecule has 0 atom stereocenters. The summed E-state index contributed by atoms with van der Waals surface area (Å²) in [6.07, 6.45) is 0. The molecular weight excluding hydrogens is 787 g/mol. The van der Waals surface area contributed by atoms with Crippen LogP contribution in [0.1, 0.15) is 11.1 Å². The minimum absolute atomic E-state index is 1.20. The van der Waals surface area contributed by atoms with Crippen molar-refractivity contribution in [3.05, 3.63) is 211 Å². The van der Waals surface area contributed by atoms with Crippen molar-refractivity contribution in [3.63, 3.8) is 0 Å². The van der Waals surface area contributed by atoms with Crippen molar-refractivity contribution >= 4 is 114 Å². The van der Waals surface area contributed by atoms with E-state index in [-0.39, 0.29) is 0 Å². The standard InChI is InChI=1S/C56H39GeN3/c1-36-32-34-46(43-23-10-8-20-40(36)43)59-50-28-13-26-48-54(50)57(39-18-4-3-5-19-39)55-49(58(48)45-25-12-17-38-16-6-7-22-42(38)45)27-14-29-51(55)60(53-31-15-30-52(59)56(53)57)47-35-33-37(2)41-21-9-11-24-44(41)47/h3-35H,1-2H3. The Bertz CT molecular complexity index is 3280. The van der Waals surface area contributed by atoms with Crippen molar-refractivity contribution < 1.29 is 0 Å². The van der Waals surface area contributed by atoms with Crippen molar-refractivity contribution in [1.82, 2.24) is 0 Å². The molecular formula is C56H39GeN3. The van der Waals surface area contributed by atoms with Gasteiger partial charge in [-0.2, -0.15) is 0 Å². The summed E-state index contributed by atoms with van der Waals surface area (Å²) in [5.41, 5.74) is 13.8. The molecule has 3 heterocycles. The van der Waals surface area contributed by atoms with Crippen LogP contribution in [0, 0.1) is 13.8 Å². The Morgan fingerprint density at radius 1 is 0.267 bits per heavy atom. The van der Waals surface area contributed by atoms with Gasteiger partial charge in [0.05, 0.1) is 0 Å². The minimum atomic E-state index is -3.96. The quantitative estimate of drug-likeness (QED) is 0.164. The van der Waals surface area contributed by atoms with Gasteiger partial charge in [0.25, 0.3) is 0 Å². The van der Waals surface area contributed by atoms with Gasteiger partial charge in [-0.3, -0.25) is 0 Å². The number of nitrogens with zero attached hydrogens (tertiary/aromatic N) is 3. The summed E-state index contributed by atoms with van der Waals surface area (Å²) in [7, 11) is 0. The molecule has 0 aromatic heterocycles. The van der Waals surface area contributed by atoms with E-state index in [9.17, 15) is 0 Å². The molecule has 10 aromatic carbocycles. The van der Waals surface area contributed by atoms with Crippen molar-refractivity contribution in [3.8, 4) is 0 Å². The Morgan fingerprint density at radius 3 is 1.07 bits per heavy atom. The van der Waals surface area contributed by atoms with E-state index in [4.69, 9.17) is 0 Å². The van der Waals surface area contributed by atoms with Crippen LogP contribution in [0.25, 0.3) is 32.3 Å². The third-order valence-electron chi connectivity index (χ3n) is 13.6. The van der Waals surface area contributed by atoms with Gasteiger partial charge in [0.2, 0.25) is 0 Å². The van der Waals surface area contributed by atoms with Crippen LogP contribution in [-0.2, 0) is 0 Å². The van der Waals surface area contributed by atoms with Gasteiger partial charge >= 0.3 is 354 Å². The summed E-state index contributed by atoms with van der Waals surface area (Å²) >= 11 is -3.96. The van der Waals surface area contributed by atoms with E-state index in [0.717, 1.165) is 0 Å². The summed E-state index contributed by atoms with van der Waals surface area (Å²) in [5, 5.41) is 7.55. The SMILES string of the molecule is Cc1ccc(N2c3cccc4[c]3[Ge]3([c]5ccccc5)[c]5c(cccc5N(c5ccc(C)c6ccccc56)c5cccc2[c]53)N4c2cccc3ccccc23)c2ccccc12. The third kappa shape index (κ3) is 4.29. The molecule has 282 valence electrons. The average Bonchev–Trinajstić information content (AvgIpc) is 3.30. The van der Waals surface area contributed by atoms with Gasteiger partial charge in [0.1, 0.15) is 0 Å². The molecule has 0 N–H and O–H groups in total. The van der Waals surface area contributed by atoms with E-state index in [2.05, 4.69) is 229 Å². The second-order valence-electron chi connectivity index (χ2n) is 16.5. The number of anilines is 9. The fourth-order valence-electron chi connectivity index (χ4n) is 11.2. The van der Waals surface area contributed by atoms with Crippen LogP contribution in [0.15, 0.2) is 200 Å². The monoisotopic (exact) mass is 827 g/mol. The van der Waals surface area contributed by atoms with E-state index >= 15 is 0 Å². The summed E-state index contributed by atoms with van der Waals surface area (Å²) in [4.78, 5) is 7.86. The summed E-state index contributed by atoms with van der Waals surface area (Å²) in [6, 6.07) is 75.9. The molecule has 0 amide bonds. The zero-order valence-electron chi connectivity index (χ0n) is 33.4. The molecule has 0 unspecified atom stereocenters. The van der Waals surface area contributed by atoms with Gasteiger partial charge in [0, 0.05) is 0 Å². The molecule has 0 aliphatic carbocycles. The van der Waals surface area contributed by atoms with Gasteiger partial charge in [-0.15, -0.1) is 0 Å². The predicted molar refractivity (Wildman–Crippen MR) is 257 cm³/mol. The number of fused-ring (bicyclic) bond motifs is 3. The molecule has 0 saturated carbocycles. The van der Waals surface area contributed by atoms with Gasteiger partial charge in [-0.1, -0.05) is 0 Å². The van der Waals surface area contributed by atoms with Crippen LogP contribution in [0.2, 0.25) is 0 Å². The Labute approximate surface area is 352 Å². The Hall–Kier alpha value is -7.08. The zero-order chi connectivity index (χ0) is 39.7. The van der Waals surface area contributed by atoms with Gasteiger partial charge in [0.15, 0.2) is 0 Å². The van der Waals surface area contributed by atoms with Crippen LogP contribution in [0.4, 0.5) is 51.2 Å². The molecule has 3 aliphatic heterocycles. The van der Waals surface area contributed by atoms with E-state index < -0.39 is 13.3 Å². The van der Waals surface area contributed by atoms with Crippen LogP contribution in [0.3, 0.4) is 0 Å². The Morgan fingerprint density at radius 2 is 0.600 bits per heavy atom. The van der Waals surface area contributed by atoms with Gasteiger partial charge in [-0.05, 0) is 0 Å². The Kier molecular flexibility index (Phi) is 7.03. The zero-order valence-corrected chi connectivity index (χ0v) is 35.5. The second kappa shape index (κ2) is 12.5. The number of hydrogen-bond donors (Lipinski definition) is 0. The third-order valence-corrected chi connectivity index (χ3v) is 24.0. The van der Waals surface area contributed by atoms with Gasteiger partial charge in [-0.25, -0.2) is 0 Å². The van der Waals surface area contributed by atoms with Crippen molar-refractivity contribution in [2.24, 2.45) is 0 Å². The average molecular weight is 827 g/mol. The summed E-state index contributed by atoms with van der Waals surface area (Å²) < 4.78 is 5.90. The summed E-state index contributed by atoms with van der Waals surface area (Å²) in [6.45, 7) is 4.47. The first-order valence-electron chi connectivity index (χ1n) is 21.0. The second-order valence-corrected chi connectivity index (χ2v) is 24.0. The topological polar surface area (TPSA) is 9.72 Å². The number of aryl methyl sites for hydroxylation is 2. The van der Waals surface area contributed by atoms with E-state index in [1.165, 1.54) is 112 Å². The van der Waals surface area contributed by atoms with Crippen LogP contribution in [0.5, 0.6) is 0 Å². The molecule has 13 rings (SSSR count). The molecule has 0 saturated heterocycles. The van der Waals surface area contributed by atoms with Gasteiger partial charge < -0.3 is 0 Å². The fourth-order valence-corrected chi connectivity index (χ4v) is 23.3. The van der Waals surface area contributed by atoms with Crippen molar-refractivity contribution in [2.45, 2.75) is 13.8 Å². The first-order chi connectivity index (χ1) is 29.6. The maximum absolute atomic E-state index is 3.96. The van der Waals surface area contributed by atoms with E-state index in [1.807, 2.05) is 0 Å². The first-order valence-corrected chi connectivity index (χ1v) is 25.1. The van der Waals surface area contributed by atoms with Crippen LogP contribution in [-0.4, -0.2) is 13.3 Å². The normalized spacial score (nSPS) is 14.2. The molecule has 0 spiro atoms. The molecule has 60 heavy (non-hydrogen) atoms. The van der Waals surface area contributed by atoms with Crippen LogP contribution < -0.4 is 32.3 Å². The molecule has 3 aliphatic rings. The van der Waals surface area contributed by atoms with Crippen molar-refractivity contribution in [2.75, 3.05) is 14.7 Å². The van der Waals surface area contributed by atoms with Crippen LogP contribution >= 0.6 is 0 Å².